The highest BCUT2D eigenvalue weighted by Crippen LogP contribution is 2.57. The molecule has 0 spiro atoms. The van der Waals surface area contributed by atoms with Crippen molar-refractivity contribution < 1.29 is 24.5 Å². The summed E-state index contributed by atoms with van der Waals surface area (Å²) in [6.07, 6.45) is -0.140. The SMILES string of the molecule is Cc1cc(O)c2c3c(c(O)c4c(c13)O[C@@H](C)C4(C)C)C(=O)O2. The van der Waals surface area contributed by atoms with Crippen LogP contribution in [0, 0.1) is 6.92 Å². The van der Waals surface area contributed by atoms with Crippen LogP contribution < -0.4 is 9.47 Å². The average Bonchev–Trinajstić information content (AvgIpc) is 2.86. The summed E-state index contributed by atoms with van der Waals surface area (Å²) in [5.74, 6) is -0.186. The van der Waals surface area contributed by atoms with Crippen molar-refractivity contribution in [1.82, 2.24) is 0 Å². The Bertz CT molecular complexity index is 879. The summed E-state index contributed by atoms with van der Waals surface area (Å²) in [4.78, 5) is 12.2. The highest BCUT2D eigenvalue weighted by atomic mass is 16.5. The van der Waals surface area contributed by atoms with Crippen molar-refractivity contribution in [3.63, 3.8) is 0 Å². The van der Waals surface area contributed by atoms with Gasteiger partial charge in [0.15, 0.2) is 11.5 Å². The van der Waals surface area contributed by atoms with E-state index in [0.717, 1.165) is 10.9 Å². The van der Waals surface area contributed by atoms with Gasteiger partial charge in [-0.15, -0.1) is 0 Å². The number of carbonyl (C=O) groups excluding carboxylic acids is 1. The number of fused-ring (bicyclic) bond motifs is 2. The molecule has 0 bridgehead atoms. The smallest absolute Gasteiger partial charge is 0.348 e. The number of phenols is 2. The molecule has 0 saturated heterocycles. The fourth-order valence-corrected chi connectivity index (χ4v) is 3.48. The van der Waals surface area contributed by atoms with Gasteiger partial charge in [-0.3, -0.25) is 0 Å². The first-order valence-electron chi connectivity index (χ1n) is 7.19. The topological polar surface area (TPSA) is 76.0 Å². The lowest BCUT2D eigenvalue weighted by Crippen LogP contribution is -2.29. The van der Waals surface area contributed by atoms with E-state index in [-0.39, 0.29) is 28.9 Å². The van der Waals surface area contributed by atoms with Crippen LogP contribution in [0.1, 0.15) is 42.3 Å². The highest BCUT2D eigenvalue weighted by molar-refractivity contribution is 6.19. The molecule has 2 N–H and O–H groups in total. The predicted octanol–water partition coefficient (Wildman–Crippen LogP) is 3.15. The van der Waals surface area contributed by atoms with Crippen LogP contribution in [0.25, 0.3) is 10.8 Å². The number of rotatable bonds is 0. The number of phenolic OH excluding ortho intramolecular Hbond substituents is 2. The second kappa shape index (κ2) is 3.66. The number of esters is 1. The highest BCUT2D eigenvalue weighted by Gasteiger charge is 2.46. The molecule has 22 heavy (non-hydrogen) atoms. The molecule has 2 aromatic carbocycles. The molecule has 5 heteroatoms. The van der Waals surface area contributed by atoms with Crippen molar-refractivity contribution in [3.05, 3.63) is 22.8 Å². The lowest BCUT2D eigenvalue weighted by Gasteiger charge is -2.22. The fourth-order valence-electron chi connectivity index (χ4n) is 3.48. The lowest BCUT2D eigenvalue weighted by atomic mass is 9.79. The number of aromatic hydroxyl groups is 2. The minimum atomic E-state index is -0.642. The summed E-state index contributed by atoms with van der Waals surface area (Å²) in [5.41, 5.74) is 1.09. The van der Waals surface area contributed by atoms with Gasteiger partial charge in [0.05, 0.1) is 5.39 Å². The van der Waals surface area contributed by atoms with Gasteiger partial charge in [-0.25, -0.2) is 4.79 Å². The first-order valence-corrected chi connectivity index (χ1v) is 7.19. The second-order valence-corrected chi connectivity index (χ2v) is 6.59. The van der Waals surface area contributed by atoms with Gasteiger partial charge in [-0.2, -0.15) is 0 Å². The Morgan fingerprint density at radius 3 is 2.55 bits per heavy atom. The standard InChI is InChI=1S/C17H16O5/c1-6-5-8(18)14-10-9(6)15-12(17(3,4)7(2)21-15)13(19)11(10)16(20)22-14/h5,7,18-19H,1-4H3/t7-/m0/s1. The first-order chi connectivity index (χ1) is 10.2. The summed E-state index contributed by atoms with van der Waals surface area (Å²) in [7, 11) is 0. The quantitative estimate of drug-likeness (QED) is 0.577. The van der Waals surface area contributed by atoms with Crippen molar-refractivity contribution in [2.75, 3.05) is 0 Å². The van der Waals surface area contributed by atoms with Crippen LogP contribution >= 0.6 is 0 Å². The Morgan fingerprint density at radius 1 is 1.18 bits per heavy atom. The van der Waals surface area contributed by atoms with Gasteiger partial charge >= 0.3 is 5.97 Å². The molecular formula is C17H16O5. The summed E-state index contributed by atoms with van der Waals surface area (Å²) >= 11 is 0. The maximum Gasteiger partial charge on any atom is 0.348 e. The zero-order valence-corrected chi connectivity index (χ0v) is 12.8. The first kappa shape index (κ1) is 13.2. The van der Waals surface area contributed by atoms with Crippen LogP contribution in [0.2, 0.25) is 0 Å². The van der Waals surface area contributed by atoms with Crippen molar-refractivity contribution >= 4 is 16.7 Å². The Labute approximate surface area is 127 Å². The molecule has 1 atom stereocenters. The molecule has 0 fully saturated rings. The Kier molecular flexibility index (Phi) is 2.20. The van der Waals surface area contributed by atoms with Gasteiger partial charge in [-0.1, -0.05) is 13.8 Å². The molecule has 0 radical (unpaired) electrons. The summed E-state index contributed by atoms with van der Waals surface area (Å²) in [6, 6.07) is 1.55. The second-order valence-electron chi connectivity index (χ2n) is 6.59. The van der Waals surface area contributed by atoms with Crippen molar-refractivity contribution in [2.45, 2.75) is 39.2 Å². The number of ether oxygens (including phenoxy) is 2. The average molecular weight is 300 g/mol. The van der Waals surface area contributed by atoms with Crippen LogP contribution in [-0.2, 0) is 5.41 Å². The minimum absolute atomic E-state index is 0.0969. The summed E-state index contributed by atoms with van der Waals surface area (Å²) < 4.78 is 11.2. The molecule has 4 rings (SSSR count). The maximum absolute atomic E-state index is 12.2. The van der Waals surface area contributed by atoms with Crippen LogP contribution in [-0.4, -0.2) is 22.3 Å². The number of hydrogen-bond acceptors (Lipinski definition) is 5. The van der Waals surface area contributed by atoms with Crippen molar-refractivity contribution in [3.8, 4) is 23.0 Å². The Morgan fingerprint density at radius 2 is 1.86 bits per heavy atom. The van der Waals surface area contributed by atoms with E-state index in [1.54, 1.807) is 6.07 Å². The van der Waals surface area contributed by atoms with E-state index in [0.29, 0.717) is 16.7 Å². The van der Waals surface area contributed by atoms with Gasteiger partial charge in [0.1, 0.15) is 23.2 Å². The van der Waals surface area contributed by atoms with Crippen LogP contribution in [0.4, 0.5) is 0 Å². The van der Waals surface area contributed by atoms with Crippen molar-refractivity contribution in [2.24, 2.45) is 0 Å². The Hall–Kier alpha value is -2.43. The van der Waals surface area contributed by atoms with Gasteiger partial charge in [-0.05, 0) is 25.5 Å². The molecule has 5 nitrogen and oxygen atoms in total. The molecule has 2 aliphatic rings. The number of benzene rings is 2. The third kappa shape index (κ3) is 1.27. The number of hydrogen-bond donors (Lipinski definition) is 2. The van der Waals surface area contributed by atoms with Gasteiger partial charge < -0.3 is 19.7 Å². The van der Waals surface area contributed by atoms with Gasteiger partial charge in [0, 0.05) is 16.4 Å². The lowest BCUT2D eigenvalue weighted by molar-refractivity contribution is 0.0747. The summed E-state index contributed by atoms with van der Waals surface area (Å²) in [6.45, 7) is 7.71. The number of aryl methyl sites for hydroxylation is 1. The maximum atomic E-state index is 12.2. The zero-order valence-electron chi connectivity index (χ0n) is 12.8. The zero-order chi connectivity index (χ0) is 16.0. The molecule has 0 aromatic heterocycles. The monoisotopic (exact) mass is 300 g/mol. The number of carbonyl (C=O) groups is 1. The third-order valence-corrected chi connectivity index (χ3v) is 4.99. The predicted molar refractivity (Wildman–Crippen MR) is 80.1 cm³/mol. The van der Waals surface area contributed by atoms with Crippen LogP contribution in [0.15, 0.2) is 6.07 Å². The molecule has 0 aliphatic carbocycles. The van der Waals surface area contributed by atoms with E-state index in [9.17, 15) is 15.0 Å². The molecular weight excluding hydrogens is 284 g/mol. The van der Waals surface area contributed by atoms with Gasteiger partial charge in [0.25, 0.3) is 0 Å². The van der Waals surface area contributed by atoms with Crippen molar-refractivity contribution in [1.29, 1.82) is 0 Å². The minimum Gasteiger partial charge on any atom is -0.507 e. The molecule has 0 amide bonds. The van der Waals surface area contributed by atoms with E-state index in [4.69, 9.17) is 9.47 Å². The largest absolute Gasteiger partial charge is 0.507 e. The molecule has 114 valence electrons. The van der Waals surface area contributed by atoms with E-state index in [2.05, 4.69) is 0 Å². The molecule has 2 aromatic rings. The fraction of sp³-hybridized carbons (Fsp3) is 0.353. The Balaban J connectivity index is 2.29. The third-order valence-electron chi connectivity index (χ3n) is 4.99. The van der Waals surface area contributed by atoms with Crippen LogP contribution in [0.3, 0.4) is 0 Å². The molecule has 2 aliphatic heterocycles. The molecule has 0 unspecified atom stereocenters. The summed E-state index contributed by atoms with van der Waals surface area (Å²) in [5, 5.41) is 21.9. The van der Waals surface area contributed by atoms with E-state index in [1.165, 1.54) is 0 Å². The normalized spacial score (nSPS) is 20.9. The van der Waals surface area contributed by atoms with Crippen LogP contribution in [0.5, 0.6) is 23.0 Å². The van der Waals surface area contributed by atoms with Gasteiger partial charge in [0.2, 0.25) is 0 Å². The van der Waals surface area contributed by atoms with E-state index < -0.39 is 11.4 Å². The van der Waals surface area contributed by atoms with E-state index >= 15 is 0 Å². The molecule has 2 heterocycles. The van der Waals surface area contributed by atoms with E-state index in [1.807, 2.05) is 27.7 Å². The molecule has 0 saturated carbocycles.